The van der Waals surface area contributed by atoms with Gasteiger partial charge >= 0.3 is 0 Å². The van der Waals surface area contributed by atoms with E-state index >= 15 is 0 Å². The van der Waals surface area contributed by atoms with Gasteiger partial charge in [-0.15, -0.1) is 34.8 Å². The average Bonchev–Trinajstić information content (AvgIpc) is 1.63. The molecule has 55 valence electrons. The predicted molar refractivity (Wildman–Crippen MR) is 44.6 cm³/mol. The van der Waals surface area contributed by atoms with Crippen LogP contribution in [0.2, 0.25) is 0 Å². The van der Waals surface area contributed by atoms with Crippen LogP contribution in [-0.4, -0.2) is 16.1 Å². The van der Waals surface area contributed by atoms with E-state index in [1.54, 1.807) is 0 Å². The maximum absolute atomic E-state index is 5.75. The van der Waals surface area contributed by atoms with Crippen LogP contribution in [0.1, 0.15) is 13.3 Å². The van der Waals surface area contributed by atoms with Gasteiger partial charge in [0, 0.05) is 10.8 Å². The van der Waals surface area contributed by atoms with Crippen molar-refractivity contribution in [3.05, 3.63) is 6.92 Å². The van der Waals surface area contributed by atoms with Gasteiger partial charge in [-0.05, 0) is 20.3 Å². The van der Waals surface area contributed by atoms with Crippen LogP contribution >= 0.6 is 34.8 Å². The molecule has 0 nitrogen and oxygen atoms in total. The summed E-state index contributed by atoms with van der Waals surface area (Å²) in [6.45, 7) is 5.43. The molecular formula is C6H10Cl3. The fourth-order valence-corrected chi connectivity index (χ4v) is 1.03. The Morgan fingerprint density at radius 3 is 1.89 bits per heavy atom. The third kappa shape index (κ3) is 5.32. The number of hydrogen-bond acceptors (Lipinski definition) is 0. The Morgan fingerprint density at radius 1 is 1.33 bits per heavy atom. The van der Waals surface area contributed by atoms with Crippen molar-refractivity contribution in [2.75, 3.05) is 0 Å². The molecule has 0 aliphatic heterocycles. The third-order valence-electron chi connectivity index (χ3n) is 0.979. The van der Waals surface area contributed by atoms with Gasteiger partial charge in [0.05, 0.1) is 5.38 Å². The molecular weight excluding hydrogens is 178 g/mol. The van der Waals surface area contributed by atoms with E-state index in [0.29, 0.717) is 6.42 Å². The van der Waals surface area contributed by atoms with Crippen LogP contribution in [0.15, 0.2) is 0 Å². The molecule has 0 aliphatic rings. The van der Waals surface area contributed by atoms with Gasteiger partial charge in [-0.25, -0.2) is 0 Å². The van der Waals surface area contributed by atoms with Crippen LogP contribution in [0, 0.1) is 6.92 Å². The number of halogens is 3. The molecule has 3 heteroatoms. The highest BCUT2D eigenvalue weighted by atomic mass is 35.5. The van der Waals surface area contributed by atoms with Crippen LogP contribution in [0.3, 0.4) is 0 Å². The lowest BCUT2D eigenvalue weighted by atomic mass is 10.2. The van der Waals surface area contributed by atoms with E-state index in [1.807, 2.05) is 6.92 Å². The van der Waals surface area contributed by atoms with E-state index < -0.39 is 0 Å². The van der Waals surface area contributed by atoms with Gasteiger partial charge in [0.1, 0.15) is 0 Å². The highest BCUT2D eigenvalue weighted by Crippen LogP contribution is 2.17. The number of rotatable bonds is 3. The Kier molecular flexibility index (Phi) is 5.10. The van der Waals surface area contributed by atoms with Crippen molar-refractivity contribution in [2.45, 2.75) is 29.5 Å². The first-order valence-electron chi connectivity index (χ1n) is 2.79. The highest BCUT2D eigenvalue weighted by Gasteiger charge is 2.13. The molecule has 0 aliphatic carbocycles. The summed E-state index contributed by atoms with van der Waals surface area (Å²) >= 11 is 17.0. The molecule has 0 spiro atoms. The van der Waals surface area contributed by atoms with Crippen LogP contribution in [0.5, 0.6) is 0 Å². The van der Waals surface area contributed by atoms with Gasteiger partial charge in [-0.1, -0.05) is 0 Å². The van der Waals surface area contributed by atoms with E-state index in [-0.39, 0.29) is 16.1 Å². The van der Waals surface area contributed by atoms with Crippen LogP contribution in [-0.2, 0) is 0 Å². The molecule has 0 heterocycles. The molecule has 9 heavy (non-hydrogen) atoms. The molecule has 0 fully saturated rings. The first kappa shape index (κ1) is 9.87. The normalized spacial score (nSPS) is 21.0. The maximum Gasteiger partial charge on any atom is 0.0511 e. The summed E-state index contributed by atoms with van der Waals surface area (Å²) in [5.41, 5.74) is 0. The van der Waals surface area contributed by atoms with Crippen molar-refractivity contribution >= 4 is 34.8 Å². The van der Waals surface area contributed by atoms with Gasteiger partial charge in [-0.3, -0.25) is 0 Å². The van der Waals surface area contributed by atoms with E-state index in [1.165, 1.54) is 0 Å². The molecule has 0 aromatic heterocycles. The minimum atomic E-state index is -0.131. The molecule has 0 aromatic rings. The summed E-state index contributed by atoms with van der Waals surface area (Å²) in [5, 5.41) is -0.227. The minimum absolute atomic E-state index is 0.0327. The van der Waals surface area contributed by atoms with Crippen LogP contribution in [0.4, 0.5) is 0 Å². The Balaban J connectivity index is 3.38. The molecule has 3 unspecified atom stereocenters. The maximum atomic E-state index is 5.75. The zero-order chi connectivity index (χ0) is 7.44. The zero-order valence-corrected chi connectivity index (χ0v) is 7.55. The van der Waals surface area contributed by atoms with Crippen molar-refractivity contribution in [1.29, 1.82) is 0 Å². The van der Waals surface area contributed by atoms with Crippen molar-refractivity contribution < 1.29 is 0 Å². The Hall–Kier alpha value is 0.870. The molecule has 3 atom stereocenters. The summed E-state index contributed by atoms with van der Waals surface area (Å²) in [7, 11) is 0. The topological polar surface area (TPSA) is 0 Å². The molecule has 0 saturated heterocycles. The van der Waals surface area contributed by atoms with Crippen molar-refractivity contribution in [3.63, 3.8) is 0 Å². The average molecular weight is 189 g/mol. The number of hydrogen-bond donors (Lipinski definition) is 0. The lowest BCUT2D eigenvalue weighted by Gasteiger charge is -2.11. The summed E-state index contributed by atoms with van der Waals surface area (Å²) in [4.78, 5) is 0. The van der Waals surface area contributed by atoms with Gasteiger partial charge in [-0.2, -0.15) is 0 Å². The van der Waals surface area contributed by atoms with Crippen molar-refractivity contribution in [2.24, 2.45) is 0 Å². The summed E-state index contributed by atoms with van der Waals surface area (Å²) < 4.78 is 0. The second-order valence-corrected chi connectivity index (χ2v) is 3.89. The fourth-order valence-electron chi connectivity index (χ4n) is 0.432. The lowest BCUT2D eigenvalue weighted by molar-refractivity contribution is 0.748. The molecule has 0 saturated carbocycles. The van der Waals surface area contributed by atoms with Crippen LogP contribution in [0.25, 0.3) is 0 Å². The third-order valence-corrected chi connectivity index (χ3v) is 2.15. The van der Waals surface area contributed by atoms with Gasteiger partial charge in [0.25, 0.3) is 0 Å². The SMILES string of the molecule is [CH2]C(Cl)CC(Cl)C(C)Cl. The monoisotopic (exact) mass is 187 g/mol. The second-order valence-electron chi connectivity index (χ2n) is 2.03. The first-order chi connectivity index (χ1) is 4.04. The predicted octanol–water partition coefficient (Wildman–Crippen LogP) is 3.05. The first-order valence-corrected chi connectivity index (χ1v) is 4.10. The van der Waals surface area contributed by atoms with Crippen LogP contribution < -0.4 is 0 Å². The molecule has 0 amide bonds. The van der Waals surface area contributed by atoms with E-state index in [2.05, 4.69) is 6.92 Å². The Bertz CT molecular complexity index is 70.7. The highest BCUT2D eigenvalue weighted by molar-refractivity contribution is 6.30. The minimum Gasteiger partial charge on any atom is -0.123 e. The van der Waals surface area contributed by atoms with Gasteiger partial charge in [0.15, 0.2) is 0 Å². The Labute approximate surface area is 71.5 Å². The second kappa shape index (κ2) is 4.65. The van der Waals surface area contributed by atoms with Gasteiger partial charge in [0.2, 0.25) is 0 Å². The number of alkyl halides is 3. The molecule has 1 radical (unpaired) electrons. The molecule has 0 bridgehead atoms. The Morgan fingerprint density at radius 2 is 1.78 bits per heavy atom. The van der Waals surface area contributed by atoms with E-state index in [0.717, 1.165) is 0 Å². The quantitative estimate of drug-likeness (QED) is 0.597. The largest absolute Gasteiger partial charge is 0.123 e. The molecule has 0 aromatic carbocycles. The lowest BCUT2D eigenvalue weighted by Crippen LogP contribution is -2.14. The fraction of sp³-hybridized carbons (Fsp3) is 0.833. The smallest absolute Gasteiger partial charge is 0.0511 e. The zero-order valence-electron chi connectivity index (χ0n) is 5.28. The molecule has 0 N–H and O–H groups in total. The van der Waals surface area contributed by atoms with Crippen molar-refractivity contribution in [1.82, 2.24) is 0 Å². The van der Waals surface area contributed by atoms with E-state index in [4.69, 9.17) is 34.8 Å². The summed E-state index contributed by atoms with van der Waals surface area (Å²) in [5.74, 6) is 0. The van der Waals surface area contributed by atoms with E-state index in [9.17, 15) is 0 Å². The standard InChI is InChI=1S/C6H10Cl3/c1-4(7)3-6(9)5(2)8/h4-6H,1,3H2,2H3. The molecule has 0 rings (SSSR count). The van der Waals surface area contributed by atoms with Gasteiger partial charge < -0.3 is 0 Å². The summed E-state index contributed by atoms with van der Waals surface area (Å²) in [6.07, 6.45) is 0.660. The van der Waals surface area contributed by atoms with Crippen molar-refractivity contribution in [3.8, 4) is 0 Å². The summed E-state index contributed by atoms with van der Waals surface area (Å²) in [6, 6.07) is 0.